The molecule has 0 unspecified atom stereocenters. The molecular formula is C15H16N4. The molecule has 0 spiro atoms. The van der Waals surface area contributed by atoms with E-state index < -0.39 is 0 Å². The first-order valence-corrected chi connectivity index (χ1v) is 6.19. The molecule has 2 aromatic heterocycles. The Morgan fingerprint density at radius 2 is 1.84 bits per heavy atom. The van der Waals surface area contributed by atoms with Crippen LogP contribution in [0.3, 0.4) is 0 Å². The molecule has 2 N–H and O–H groups in total. The summed E-state index contributed by atoms with van der Waals surface area (Å²) in [4.78, 5) is 11.0. The van der Waals surface area contributed by atoms with Gasteiger partial charge in [-0.2, -0.15) is 0 Å². The first-order chi connectivity index (χ1) is 9.06. The molecule has 0 bridgehead atoms. The number of pyridine rings is 2. The van der Waals surface area contributed by atoms with Gasteiger partial charge in [-0.3, -0.25) is 4.98 Å². The highest BCUT2D eigenvalue weighted by Gasteiger charge is 2.08. The topological polar surface area (TPSA) is 55.0 Å². The molecule has 3 rings (SSSR count). The van der Waals surface area contributed by atoms with Gasteiger partial charge in [-0.25, -0.2) is 4.98 Å². The van der Waals surface area contributed by atoms with Crippen LogP contribution in [0.2, 0.25) is 0 Å². The Morgan fingerprint density at radius 3 is 2.58 bits per heavy atom. The number of rotatable bonds is 1. The van der Waals surface area contributed by atoms with Crippen molar-refractivity contribution in [3.05, 3.63) is 36.2 Å². The van der Waals surface area contributed by atoms with Gasteiger partial charge < -0.3 is 10.6 Å². The predicted octanol–water partition coefficient (Wildman–Crippen LogP) is 2.74. The minimum atomic E-state index is 0.774. The Bertz CT molecular complexity index is 778. The average Bonchev–Trinajstić information content (AvgIpc) is 2.39. The number of benzene rings is 1. The Labute approximate surface area is 111 Å². The number of nitrogens with zero attached hydrogens (tertiary/aromatic N) is 3. The van der Waals surface area contributed by atoms with E-state index >= 15 is 0 Å². The highest BCUT2D eigenvalue weighted by Crippen LogP contribution is 2.30. The van der Waals surface area contributed by atoms with Crippen molar-refractivity contribution < 1.29 is 0 Å². The third kappa shape index (κ3) is 1.85. The first-order valence-electron chi connectivity index (χ1n) is 6.19. The molecule has 0 fully saturated rings. The van der Waals surface area contributed by atoms with Gasteiger partial charge in [0.1, 0.15) is 0 Å². The maximum atomic E-state index is 6.27. The molecule has 4 nitrogen and oxygen atoms in total. The number of aromatic nitrogens is 2. The van der Waals surface area contributed by atoms with Gasteiger partial charge in [0, 0.05) is 36.2 Å². The summed E-state index contributed by atoms with van der Waals surface area (Å²) in [7, 11) is 4.02. The summed E-state index contributed by atoms with van der Waals surface area (Å²) in [6, 6.07) is 8.12. The second kappa shape index (κ2) is 4.09. The highest BCUT2D eigenvalue weighted by atomic mass is 15.1. The van der Waals surface area contributed by atoms with Gasteiger partial charge in [-0.05, 0) is 31.2 Å². The average molecular weight is 252 g/mol. The lowest BCUT2D eigenvalue weighted by Gasteiger charge is -2.14. The Balaban J connectivity index is 2.39. The third-order valence-electron chi connectivity index (χ3n) is 3.34. The summed E-state index contributed by atoms with van der Waals surface area (Å²) in [5.74, 6) is 0. The van der Waals surface area contributed by atoms with Gasteiger partial charge in [0.05, 0.1) is 22.9 Å². The lowest BCUT2D eigenvalue weighted by Crippen LogP contribution is -2.08. The quantitative estimate of drug-likeness (QED) is 0.677. The second-order valence-corrected chi connectivity index (χ2v) is 4.96. The molecule has 0 saturated carbocycles. The molecule has 0 aliphatic carbocycles. The Morgan fingerprint density at radius 1 is 1.05 bits per heavy atom. The minimum Gasteiger partial charge on any atom is -0.398 e. The van der Waals surface area contributed by atoms with Crippen molar-refractivity contribution in [2.24, 2.45) is 0 Å². The second-order valence-electron chi connectivity index (χ2n) is 4.96. The summed E-state index contributed by atoms with van der Waals surface area (Å²) in [5.41, 5.74) is 10.8. The summed E-state index contributed by atoms with van der Waals surface area (Å²) in [5, 5.41) is 1.96. The summed E-state index contributed by atoms with van der Waals surface area (Å²) in [6.07, 6.45) is 1.78. The van der Waals surface area contributed by atoms with Gasteiger partial charge in [-0.15, -0.1) is 0 Å². The maximum absolute atomic E-state index is 6.27. The molecule has 0 atom stereocenters. The van der Waals surface area contributed by atoms with Crippen molar-refractivity contribution >= 4 is 33.2 Å². The molecule has 4 heteroatoms. The van der Waals surface area contributed by atoms with Crippen LogP contribution in [0.4, 0.5) is 11.4 Å². The smallest absolute Gasteiger partial charge is 0.0913 e. The van der Waals surface area contributed by atoms with Crippen molar-refractivity contribution in [1.29, 1.82) is 0 Å². The monoisotopic (exact) mass is 252 g/mol. The lowest BCUT2D eigenvalue weighted by molar-refractivity contribution is 1.13. The zero-order valence-electron chi connectivity index (χ0n) is 11.3. The standard InChI is InChI=1S/C15H16N4/c1-9-6-12-14(8-17-9)18-13-7-10(19(2)3)4-5-11(13)15(12)16/h4-8H,1-3H3,(H2,16,18). The van der Waals surface area contributed by atoms with Crippen molar-refractivity contribution in [3.8, 4) is 0 Å². The van der Waals surface area contributed by atoms with Crippen LogP contribution in [0.5, 0.6) is 0 Å². The summed E-state index contributed by atoms with van der Waals surface area (Å²) >= 11 is 0. The van der Waals surface area contributed by atoms with Gasteiger partial charge in [0.2, 0.25) is 0 Å². The van der Waals surface area contributed by atoms with Crippen LogP contribution in [0.15, 0.2) is 30.5 Å². The summed E-state index contributed by atoms with van der Waals surface area (Å²) in [6.45, 7) is 1.96. The van der Waals surface area contributed by atoms with Crippen LogP contribution in [-0.4, -0.2) is 24.1 Å². The van der Waals surface area contributed by atoms with E-state index in [9.17, 15) is 0 Å². The number of hydrogen-bond donors (Lipinski definition) is 1. The van der Waals surface area contributed by atoms with Gasteiger partial charge in [-0.1, -0.05) is 0 Å². The highest BCUT2D eigenvalue weighted by molar-refractivity contribution is 6.06. The molecule has 3 aromatic rings. The van der Waals surface area contributed by atoms with Crippen molar-refractivity contribution in [3.63, 3.8) is 0 Å². The normalized spacial score (nSPS) is 11.1. The number of nitrogens with two attached hydrogens (primary N) is 1. The molecule has 0 aliphatic rings. The van der Waals surface area contributed by atoms with Crippen LogP contribution in [0.1, 0.15) is 5.69 Å². The van der Waals surface area contributed by atoms with E-state index in [1.54, 1.807) is 6.20 Å². The van der Waals surface area contributed by atoms with E-state index in [2.05, 4.69) is 20.9 Å². The SMILES string of the molecule is Cc1cc2c(N)c3ccc(N(C)C)cc3nc2cn1. The van der Waals surface area contributed by atoms with E-state index in [0.29, 0.717) is 0 Å². The molecule has 1 aromatic carbocycles. The van der Waals surface area contributed by atoms with Crippen molar-refractivity contribution in [2.75, 3.05) is 24.7 Å². The van der Waals surface area contributed by atoms with Crippen LogP contribution >= 0.6 is 0 Å². The van der Waals surface area contributed by atoms with Crippen LogP contribution in [-0.2, 0) is 0 Å². The number of fused-ring (bicyclic) bond motifs is 2. The zero-order valence-corrected chi connectivity index (χ0v) is 11.3. The van der Waals surface area contributed by atoms with E-state index in [4.69, 9.17) is 5.73 Å². The molecule has 0 radical (unpaired) electrons. The molecule has 19 heavy (non-hydrogen) atoms. The van der Waals surface area contributed by atoms with Crippen molar-refractivity contribution in [2.45, 2.75) is 6.92 Å². The number of nitrogen functional groups attached to an aromatic ring is 1. The fourth-order valence-corrected chi connectivity index (χ4v) is 2.25. The lowest BCUT2D eigenvalue weighted by atomic mass is 10.1. The van der Waals surface area contributed by atoms with Crippen LogP contribution in [0, 0.1) is 6.92 Å². The number of aryl methyl sites for hydroxylation is 1. The van der Waals surface area contributed by atoms with Gasteiger partial charge in [0.25, 0.3) is 0 Å². The van der Waals surface area contributed by atoms with Gasteiger partial charge in [0.15, 0.2) is 0 Å². The third-order valence-corrected chi connectivity index (χ3v) is 3.34. The molecule has 0 amide bonds. The molecule has 2 heterocycles. The van der Waals surface area contributed by atoms with E-state index in [-0.39, 0.29) is 0 Å². The molecule has 0 saturated heterocycles. The zero-order chi connectivity index (χ0) is 13.6. The maximum Gasteiger partial charge on any atom is 0.0913 e. The van der Waals surface area contributed by atoms with E-state index in [1.807, 2.05) is 39.2 Å². The largest absolute Gasteiger partial charge is 0.398 e. The van der Waals surface area contributed by atoms with Crippen molar-refractivity contribution in [1.82, 2.24) is 9.97 Å². The van der Waals surface area contributed by atoms with Crippen LogP contribution in [0.25, 0.3) is 21.8 Å². The first kappa shape index (κ1) is 11.7. The fourth-order valence-electron chi connectivity index (χ4n) is 2.25. The Kier molecular flexibility index (Phi) is 2.52. The van der Waals surface area contributed by atoms with Gasteiger partial charge >= 0.3 is 0 Å². The van der Waals surface area contributed by atoms with Crippen LogP contribution < -0.4 is 10.6 Å². The van der Waals surface area contributed by atoms with E-state index in [1.165, 1.54) is 0 Å². The predicted molar refractivity (Wildman–Crippen MR) is 80.5 cm³/mol. The summed E-state index contributed by atoms with van der Waals surface area (Å²) < 4.78 is 0. The number of anilines is 2. The minimum absolute atomic E-state index is 0.774. The van der Waals surface area contributed by atoms with E-state index in [0.717, 1.165) is 38.9 Å². The molecule has 96 valence electrons. The number of hydrogen-bond acceptors (Lipinski definition) is 4. The molecule has 0 aliphatic heterocycles. The molecular weight excluding hydrogens is 236 g/mol. The fraction of sp³-hybridized carbons (Fsp3) is 0.200. The Hall–Kier alpha value is -2.36.